The average molecular weight is 264 g/mol. The van der Waals surface area contributed by atoms with Crippen molar-refractivity contribution in [2.45, 2.75) is 20.8 Å². The lowest BCUT2D eigenvalue weighted by Crippen LogP contribution is -2.08. The van der Waals surface area contributed by atoms with E-state index in [1.54, 1.807) is 6.08 Å². The maximum absolute atomic E-state index is 12.4. The van der Waals surface area contributed by atoms with Crippen molar-refractivity contribution in [2.24, 2.45) is 5.41 Å². The second kappa shape index (κ2) is 4.14. The van der Waals surface area contributed by atoms with Crippen LogP contribution in [0.4, 0.5) is 0 Å². The summed E-state index contributed by atoms with van der Waals surface area (Å²) in [5.74, 6) is -0.295. The summed E-state index contributed by atoms with van der Waals surface area (Å²) in [5, 5.41) is 1.98. The summed E-state index contributed by atoms with van der Waals surface area (Å²) in [6.45, 7) is 5.96. The first kappa shape index (κ1) is 12.8. The summed E-state index contributed by atoms with van der Waals surface area (Å²) in [4.78, 5) is 24.9. The maximum Gasteiger partial charge on any atom is 0.197 e. The van der Waals surface area contributed by atoms with Crippen LogP contribution < -0.4 is 0 Å². The molecule has 0 aromatic heterocycles. The van der Waals surface area contributed by atoms with Gasteiger partial charge in [0, 0.05) is 11.1 Å². The molecule has 0 N–H and O–H groups in total. The molecule has 0 saturated heterocycles. The van der Waals surface area contributed by atoms with E-state index in [4.69, 9.17) is 0 Å². The van der Waals surface area contributed by atoms with Crippen molar-refractivity contribution in [3.63, 3.8) is 0 Å². The first-order chi connectivity index (χ1) is 9.37. The molecule has 2 nitrogen and oxygen atoms in total. The molecule has 1 aliphatic carbocycles. The minimum absolute atomic E-state index is 0.148. The fourth-order valence-electron chi connectivity index (χ4n) is 2.57. The van der Waals surface area contributed by atoms with Crippen molar-refractivity contribution in [1.82, 2.24) is 0 Å². The summed E-state index contributed by atoms with van der Waals surface area (Å²) in [6, 6.07) is 11.4. The Balaban J connectivity index is 2.23. The minimum atomic E-state index is -0.192. The molecule has 20 heavy (non-hydrogen) atoms. The van der Waals surface area contributed by atoms with Gasteiger partial charge in [0.15, 0.2) is 11.6 Å². The zero-order chi connectivity index (χ0) is 14.5. The van der Waals surface area contributed by atoms with E-state index in [-0.39, 0.29) is 17.0 Å². The zero-order valence-corrected chi connectivity index (χ0v) is 11.9. The summed E-state index contributed by atoms with van der Waals surface area (Å²) in [7, 11) is 0. The van der Waals surface area contributed by atoms with Crippen LogP contribution in [-0.4, -0.2) is 11.6 Å². The lowest BCUT2D eigenvalue weighted by atomic mass is 9.92. The van der Waals surface area contributed by atoms with Crippen molar-refractivity contribution < 1.29 is 9.59 Å². The summed E-state index contributed by atoms with van der Waals surface area (Å²) in [5.41, 5.74) is 1.18. The molecule has 2 aromatic rings. The Morgan fingerprint density at radius 1 is 0.850 bits per heavy atom. The zero-order valence-electron chi connectivity index (χ0n) is 11.9. The van der Waals surface area contributed by atoms with Gasteiger partial charge in [0.25, 0.3) is 0 Å². The van der Waals surface area contributed by atoms with Gasteiger partial charge in [-0.3, -0.25) is 9.59 Å². The third-order valence-electron chi connectivity index (χ3n) is 3.44. The highest BCUT2D eigenvalue weighted by Crippen LogP contribution is 2.32. The Kier molecular flexibility index (Phi) is 2.65. The average Bonchev–Trinajstić information content (AvgIpc) is 2.60. The van der Waals surface area contributed by atoms with E-state index in [0.29, 0.717) is 16.7 Å². The van der Waals surface area contributed by atoms with Gasteiger partial charge in [0.2, 0.25) is 0 Å². The number of rotatable bonds is 0. The topological polar surface area (TPSA) is 34.1 Å². The second-order valence-electron chi connectivity index (χ2n) is 6.33. The van der Waals surface area contributed by atoms with Crippen LogP contribution in [0, 0.1) is 5.41 Å². The van der Waals surface area contributed by atoms with Gasteiger partial charge in [-0.1, -0.05) is 51.1 Å². The van der Waals surface area contributed by atoms with Gasteiger partial charge in [-0.15, -0.1) is 0 Å². The largest absolute Gasteiger partial charge is 0.288 e. The van der Waals surface area contributed by atoms with E-state index >= 15 is 0 Å². The number of carbonyl (C=O) groups excluding carboxylic acids is 2. The quantitative estimate of drug-likeness (QED) is 0.528. The fourth-order valence-corrected chi connectivity index (χ4v) is 2.57. The van der Waals surface area contributed by atoms with Crippen molar-refractivity contribution >= 4 is 22.3 Å². The molecule has 2 heteroatoms. The number of ketones is 2. The van der Waals surface area contributed by atoms with Crippen LogP contribution in [-0.2, 0) is 0 Å². The van der Waals surface area contributed by atoms with Gasteiger partial charge in [0.1, 0.15) is 0 Å². The third kappa shape index (κ3) is 1.97. The highest BCUT2D eigenvalue weighted by molar-refractivity contribution is 6.40. The Hall–Kier alpha value is -2.22. The molecule has 0 unspecified atom stereocenters. The molecule has 0 heterocycles. The second-order valence-corrected chi connectivity index (χ2v) is 6.33. The van der Waals surface area contributed by atoms with Crippen LogP contribution in [0.5, 0.6) is 0 Å². The molecule has 0 aliphatic heterocycles. The Morgan fingerprint density at radius 2 is 1.30 bits per heavy atom. The molecule has 0 radical (unpaired) electrons. The molecule has 0 fully saturated rings. The summed E-state index contributed by atoms with van der Waals surface area (Å²) in [6.07, 6.45) is 1.78. The van der Waals surface area contributed by atoms with Gasteiger partial charge < -0.3 is 0 Å². The molecule has 0 amide bonds. The SMILES string of the molecule is CC(C)(C)C=C1C(=O)c2cc3ccccc3cc2C1=O. The molecule has 2 aromatic carbocycles. The Labute approximate surface area is 118 Å². The molecule has 1 aliphatic rings. The molecule has 100 valence electrons. The monoisotopic (exact) mass is 264 g/mol. The van der Waals surface area contributed by atoms with Gasteiger partial charge in [-0.05, 0) is 28.3 Å². The third-order valence-corrected chi connectivity index (χ3v) is 3.44. The number of carbonyl (C=O) groups is 2. The Bertz CT molecular complexity index is 717. The van der Waals surface area contributed by atoms with E-state index in [1.165, 1.54) is 0 Å². The lowest BCUT2D eigenvalue weighted by Gasteiger charge is -2.12. The van der Waals surface area contributed by atoms with Crippen molar-refractivity contribution in [3.8, 4) is 0 Å². The van der Waals surface area contributed by atoms with Crippen LogP contribution in [0.2, 0.25) is 0 Å². The predicted molar refractivity (Wildman–Crippen MR) is 80.1 cm³/mol. The van der Waals surface area contributed by atoms with Gasteiger partial charge in [-0.25, -0.2) is 0 Å². The van der Waals surface area contributed by atoms with E-state index in [9.17, 15) is 9.59 Å². The molecule has 0 bridgehead atoms. The smallest absolute Gasteiger partial charge is 0.197 e. The van der Waals surface area contributed by atoms with Crippen molar-refractivity contribution in [2.75, 3.05) is 0 Å². The molecule has 0 atom stereocenters. The van der Waals surface area contributed by atoms with Gasteiger partial charge >= 0.3 is 0 Å². The molecule has 0 spiro atoms. The van der Waals surface area contributed by atoms with Crippen molar-refractivity contribution in [1.29, 1.82) is 0 Å². The number of benzene rings is 2. The highest BCUT2D eigenvalue weighted by Gasteiger charge is 2.34. The number of hydrogen-bond donors (Lipinski definition) is 0. The number of allylic oxidation sites excluding steroid dienone is 2. The molecule has 0 saturated carbocycles. The highest BCUT2D eigenvalue weighted by atomic mass is 16.2. The summed E-state index contributed by atoms with van der Waals surface area (Å²) >= 11 is 0. The number of Topliss-reactive ketones (excluding diaryl/α,β-unsaturated/α-hetero) is 2. The van der Waals surface area contributed by atoms with E-state index in [2.05, 4.69) is 0 Å². The first-order valence-electron chi connectivity index (χ1n) is 6.72. The standard InChI is InChI=1S/C18H16O2/c1-18(2,3)10-15-16(19)13-8-11-6-4-5-7-12(11)9-14(13)17(15)20/h4-10H,1-3H3. The van der Waals surface area contributed by atoms with E-state index < -0.39 is 0 Å². The van der Waals surface area contributed by atoms with E-state index in [0.717, 1.165) is 10.8 Å². The van der Waals surface area contributed by atoms with Crippen LogP contribution in [0.15, 0.2) is 48.0 Å². The summed E-state index contributed by atoms with van der Waals surface area (Å²) < 4.78 is 0. The fraction of sp³-hybridized carbons (Fsp3) is 0.222. The first-order valence-corrected chi connectivity index (χ1v) is 6.72. The van der Waals surface area contributed by atoms with Gasteiger partial charge in [-0.2, -0.15) is 0 Å². The predicted octanol–water partition coefficient (Wildman–Crippen LogP) is 4.19. The van der Waals surface area contributed by atoms with E-state index in [1.807, 2.05) is 57.2 Å². The Morgan fingerprint density at radius 3 is 1.70 bits per heavy atom. The van der Waals surface area contributed by atoms with Crippen LogP contribution >= 0.6 is 0 Å². The molecule has 3 rings (SSSR count). The van der Waals surface area contributed by atoms with Gasteiger partial charge in [0.05, 0.1) is 5.57 Å². The van der Waals surface area contributed by atoms with Crippen LogP contribution in [0.1, 0.15) is 41.5 Å². The minimum Gasteiger partial charge on any atom is -0.288 e. The number of hydrogen-bond acceptors (Lipinski definition) is 2. The van der Waals surface area contributed by atoms with Crippen LogP contribution in [0.25, 0.3) is 10.8 Å². The van der Waals surface area contributed by atoms with Crippen molar-refractivity contribution in [3.05, 3.63) is 59.2 Å². The lowest BCUT2D eigenvalue weighted by molar-refractivity contribution is 0.0986. The van der Waals surface area contributed by atoms with Crippen LogP contribution in [0.3, 0.4) is 0 Å². The number of fused-ring (bicyclic) bond motifs is 2. The molecular weight excluding hydrogens is 248 g/mol. The normalized spacial score (nSPS) is 14.8. The molecular formula is C18H16O2. The maximum atomic E-state index is 12.4.